The van der Waals surface area contributed by atoms with E-state index in [1.807, 2.05) is 60.0 Å². The molecule has 1 amide bonds. The number of carbonyl (C=O) groups excluding carboxylic acids is 1. The van der Waals surface area contributed by atoms with Crippen LogP contribution in [0.2, 0.25) is 0 Å². The molecule has 0 radical (unpaired) electrons. The second-order valence-corrected chi connectivity index (χ2v) is 8.11. The van der Waals surface area contributed by atoms with Gasteiger partial charge in [-0.2, -0.15) is 0 Å². The highest BCUT2D eigenvalue weighted by Gasteiger charge is 2.29. The first-order valence-corrected chi connectivity index (χ1v) is 10.9. The van der Waals surface area contributed by atoms with Gasteiger partial charge in [0.05, 0.1) is 17.9 Å². The first kappa shape index (κ1) is 18.7. The van der Waals surface area contributed by atoms with E-state index in [2.05, 4.69) is 10.2 Å². The summed E-state index contributed by atoms with van der Waals surface area (Å²) in [5, 5.41) is 9.04. The summed E-state index contributed by atoms with van der Waals surface area (Å²) >= 11 is 1.48. The van der Waals surface area contributed by atoms with Crippen LogP contribution in [0.1, 0.15) is 35.4 Å². The van der Waals surface area contributed by atoms with Crippen molar-refractivity contribution in [3.8, 4) is 5.75 Å². The summed E-state index contributed by atoms with van der Waals surface area (Å²) in [6.45, 7) is 3.69. The van der Waals surface area contributed by atoms with Crippen molar-refractivity contribution in [3.05, 3.63) is 65.7 Å². The topological polar surface area (TPSA) is 73.1 Å². The van der Waals surface area contributed by atoms with Gasteiger partial charge in [0.1, 0.15) is 17.1 Å². The van der Waals surface area contributed by atoms with Crippen LogP contribution in [0.3, 0.4) is 0 Å². The number of aryl methyl sites for hydroxylation is 1. The van der Waals surface area contributed by atoms with Crippen molar-refractivity contribution >= 4 is 32.6 Å². The summed E-state index contributed by atoms with van der Waals surface area (Å²) in [7, 11) is 0. The third kappa shape index (κ3) is 3.33. The molecule has 152 valence electrons. The smallest absolute Gasteiger partial charge is 0.298 e. The molecule has 2 aromatic heterocycles. The number of para-hydroxylation sites is 1. The highest BCUT2D eigenvalue weighted by Crippen LogP contribution is 2.35. The first-order valence-electron chi connectivity index (χ1n) is 10.0. The minimum absolute atomic E-state index is 0.184. The lowest BCUT2D eigenvalue weighted by molar-refractivity contribution is 0.0970. The number of rotatable bonds is 6. The molecule has 1 aliphatic heterocycles. The molecule has 0 N–H and O–H groups in total. The van der Waals surface area contributed by atoms with Crippen molar-refractivity contribution in [2.24, 2.45) is 0 Å². The van der Waals surface area contributed by atoms with E-state index < -0.39 is 0 Å². The zero-order chi connectivity index (χ0) is 20.5. The van der Waals surface area contributed by atoms with E-state index in [9.17, 15) is 4.79 Å². The Morgan fingerprint density at radius 3 is 2.87 bits per heavy atom. The number of ether oxygens (including phenoxy) is 1. The van der Waals surface area contributed by atoms with Crippen molar-refractivity contribution in [1.29, 1.82) is 0 Å². The van der Waals surface area contributed by atoms with Crippen LogP contribution in [0.25, 0.3) is 10.2 Å². The molecule has 4 aromatic rings. The summed E-state index contributed by atoms with van der Waals surface area (Å²) in [6, 6.07) is 15.8. The molecule has 5 rings (SSSR count). The molecule has 0 saturated carbocycles. The molecular formula is C22H21N5O2S. The van der Waals surface area contributed by atoms with E-state index in [1.165, 1.54) is 11.3 Å². The Morgan fingerprint density at radius 1 is 1.17 bits per heavy atom. The van der Waals surface area contributed by atoms with Crippen molar-refractivity contribution in [2.75, 3.05) is 11.5 Å². The van der Waals surface area contributed by atoms with Gasteiger partial charge in [-0.3, -0.25) is 9.69 Å². The fourth-order valence-corrected chi connectivity index (χ4v) is 4.70. The maximum atomic E-state index is 13.6. The molecule has 8 heteroatoms. The van der Waals surface area contributed by atoms with Crippen LogP contribution in [0.15, 0.2) is 48.5 Å². The average Bonchev–Trinajstić information content (AvgIpc) is 3.48. The zero-order valence-corrected chi connectivity index (χ0v) is 17.4. The number of nitrogens with zero attached hydrogens (tertiary/aromatic N) is 5. The molecule has 1 aliphatic rings. The number of carbonyl (C=O) groups is 1. The maximum absolute atomic E-state index is 13.6. The Labute approximate surface area is 177 Å². The van der Waals surface area contributed by atoms with Crippen molar-refractivity contribution < 1.29 is 9.53 Å². The molecule has 0 unspecified atom stereocenters. The quantitative estimate of drug-likeness (QED) is 0.471. The van der Waals surface area contributed by atoms with Gasteiger partial charge in [0.25, 0.3) is 5.91 Å². The number of hydrogen-bond donors (Lipinski definition) is 0. The molecule has 30 heavy (non-hydrogen) atoms. The normalized spacial score (nSPS) is 12.8. The Kier molecular flexibility index (Phi) is 4.92. The minimum atomic E-state index is -0.184. The van der Waals surface area contributed by atoms with E-state index in [0.717, 1.165) is 46.7 Å². The predicted octanol–water partition coefficient (Wildman–Crippen LogP) is 4.08. The van der Waals surface area contributed by atoms with Crippen LogP contribution in [0.5, 0.6) is 5.75 Å². The summed E-state index contributed by atoms with van der Waals surface area (Å²) in [5.41, 5.74) is 1.80. The van der Waals surface area contributed by atoms with E-state index >= 15 is 0 Å². The molecule has 0 aliphatic carbocycles. The minimum Gasteiger partial charge on any atom is -0.492 e. The number of aromatic nitrogens is 4. The molecule has 0 spiro atoms. The van der Waals surface area contributed by atoms with Crippen LogP contribution >= 0.6 is 11.3 Å². The number of fused-ring (bicyclic) bond motifs is 2. The van der Waals surface area contributed by atoms with Gasteiger partial charge in [-0.15, -0.1) is 10.2 Å². The number of hydrogen-bond acceptors (Lipinski definition) is 6. The second-order valence-electron chi connectivity index (χ2n) is 7.10. The van der Waals surface area contributed by atoms with Crippen LogP contribution < -0.4 is 9.64 Å². The van der Waals surface area contributed by atoms with Crippen LogP contribution in [0.4, 0.5) is 5.13 Å². The van der Waals surface area contributed by atoms with E-state index in [0.29, 0.717) is 24.1 Å². The lowest BCUT2D eigenvalue weighted by Crippen LogP contribution is -2.32. The van der Waals surface area contributed by atoms with Gasteiger partial charge in [-0.1, -0.05) is 47.7 Å². The maximum Gasteiger partial charge on any atom is 0.298 e. The van der Waals surface area contributed by atoms with Crippen molar-refractivity contribution in [1.82, 2.24) is 19.7 Å². The highest BCUT2D eigenvalue weighted by atomic mass is 32.1. The van der Waals surface area contributed by atoms with Gasteiger partial charge in [-0.05, 0) is 31.0 Å². The van der Waals surface area contributed by atoms with Crippen molar-refractivity contribution in [2.45, 2.75) is 32.9 Å². The Hall–Kier alpha value is -3.26. The lowest BCUT2D eigenvalue weighted by Gasteiger charge is -2.19. The van der Waals surface area contributed by atoms with Crippen LogP contribution in [0, 0.1) is 0 Å². The molecule has 0 saturated heterocycles. The number of amides is 1. The van der Waals surface area contributed by atoms with E-state index in [-0.39, 0.29) is 5.91 Å². The Bertz CT molecular complexity index is 1200. The monoisotopic (exact) mass is 419 g/mol. The molecule has 3 heterocycles. The predicted molar refractivity (Wildman–Crippen MR) is 116 cm³/mol. The van der Waals surface area contributed by atoms with Gasteiger partial charge < -0.3 is 9.30 Å². The largest absolute Gasteiger partial charge is 0.492 e. The standard InChI is InChI=1S/C22H21N5O2S/c1-2-29-16-10-6-11-17-19(16)23-22(30-17)27(14-15-8-4-3-5-9-15)21(28)20-25-24-18-12-7-13-26(18)20/h3-6,8-11H,2,7,12-14H2,1H3. The number of benzene rings is 2. The van der Waals surface area contributed by atoms with Crippen molar-refractivity contribution in [3.63, 3.8) is 0 Å². The first-order chi connectivity index (χ1) is 14.7. The fourth-order valence-electron chi connectivity index (χ4n) is 3.72. The average molecular weight is 420 g/mol. The Balaban J connectivity index is 1.58. The highest BCUT2D eigenvalue weighted by molar-refractivity contribution is 7.22. The molecule has 7 nitrogen and oxygen atoms in total. The van der Waals surface area contributed by atoms with E-state index in [4.69, 9.17) is 9.72 Å². The summed E-state index contributed by atoms with van der Waals surface area (Å²) in [5.74, 6) is 1.80. The molecule has 0 fully saturated rings. The number of thiazole rings is 1. The summed E-state index contributed by atoms with van der Waals surface area (Å²) in [6.07, 6.45) is 1.85. The summed E-state index contributed by atoms with van der Waals surface area (Å²) in [4.78, 5) is 20.1. The summed E-state index contributed by atoms with van der Waals surface area (Å²) < 4.78 is 8.65. The van der Waals surface area contributed by atoms with Crippen LogP contribution in [-0.4, -0.2) is 32.3 Å². The van der Waals surface area contributed by atoms with Crippen LogP contribution in [-0.2, 0) is 19.5 Å². The Morgan fingerprint density at radius 2 is 2.03 bits per heavy atom. The fraction of sp³-hybridized carbons (Fsp3) is 0.273. The SMILES string of the molecule is CCOc1cccc2sc(N(Cc3ccccc3)C(=O)c3nnc4n3CCC4)nc12. The lowest BCUT2D eigenvalue weighted by atomic mass is 10.2. The van der Waals surface area contributed by atoms with Gasteiger partial charge in [0, 0.05) is 13.0 Å². The van der Waals surface area contributed by atoms with Gasteiger partial charge in [0.15, 0.2) is 5.13 Å². The third-order valence-corrected chi connectivity index (χ3v) is 6.17. The zero-order valence-electron chi connectivity index (χ0n) is 16.6. The molecule has 0 atom stereocenters. The molecule has 2 aromatic carbocycles. The number of anilines is 1. The molecular weight excluding hydrogens is 398 g/mol. The van der Waals surface area contributed by atoms with E-state index in [1.54, 1.807) is 4.90 Å². The van der Waals surface area contributed by atoms with Gasteiger partial charge in [-0.25, -0.2) is 4.98 Å². The second kappa shape index (κ2) is 7.87. The van der Waals surface area contributed by atoms with Gasteiger partial charge in [0.2, 0.25) is 5.82 Å². The third-order valence-electron chi connectivity index (χ3n) is 5.13. The molecule has 0 bridgehead atoms. The van der Waals surface area contributed by atoms with Gasteiger partial charge >= 0.3 is 0 Å².